The van der Waals surface area contributed by atoms with Crippen molar-refractivity contribution in [2.24, 2.45) is 17.8 Å². The fraction of sp³-hybridized carbons (Fsp3) is 0.600. The second kappa shape index (κ2) is 14.7. The van der Waals surface area contributed by atoms with Crippen LogP contribution in [0.3, 0.4) is 0 Å². The van der Waals surface area contributed by atoms with Crippen LogP contribution < -0.4 is 4.74 Å². The van der Waals surface area contributed by atoms with Gasteiger partial charge in [-0.25, -0.2) is 0 Å². The Morgan fingerprint density at radius 2 is 1.28 bits per heavy atom. The van der Waals surface area contributed by atoms with Crippen LogP contribution in [0.1, 0.15) is 115 Å². The number of unbranched alkanes of at least 4 members (excludes halogenated alkanes) is 2. The lowest BCUT2D eigenvalue weighted by molar-refractivity contribution is 0.288. The molecule has 36 heavy (non-hydrogen) atoms. The lowest BCUT2D eigenvalue weighted by Crippen LogP contribution is -2.13. The summed E-state index contributed by atoms with van der Waals surface area (Å²) in [7, 11) is 0. The van der Waals surface area contributed by atoms with Gasteiger partial charge in [0.1, 0.15) is 12.4 Å². The molecule has 0 unspecified atom stereocenters. The van der Waals surface area contributed by atoms with E-state index in [1.807, 2.05) is 0 Å². The predicted octanol–water partition coefficient (Wildman–Crippen LogP) is 10.7. The molecule has 2 aromatic carbocycles. The molecule has 4 rings (SSSR count). The summed E-state index contributed by atoms with van der Waals surface area (Å²) in [5.74, 6) is 4.44. The van der Waals surface area contributed by atoms with E-state index in [1.165, 1.54) is 107 Å². The second-order valence-electron chi connectivity index (χ2n) is 11.7. The van der Waals surface area contributed by atoms with Crippen molar-refractivity contribution in [2.75, 3.05) is 6.61 Å². The van der Waals surface area contributed by atoms with Gasteiger partial charge in [-0.3, -0.25) is 0 Å². The lowest BCUT2D eigenvalue weighted by atomic mass is 9.77. The van der Waals surface area contributed by atoms with Gasteiger partial charge >= 0.3 is 0 Å². The Kier molecular flexibility index (Phi) is 11.0. The molecule has 2 saturated carbocycles. The summed E-state index contributed by atoms with van der Waals surface area (Å²) in [5.41, 5.74) is 4.10. The maximum atomic E-state index is 6.01. The largest absolute Gasteiger partial charge is 0.490 e. The first-order valence-electron chi connectivity index (χ1n) is 15.2. The lowest BCUT2D eigenvalue weighted by Gasteiger charge is -2.28. The number of hydrogen-bond donors (Lipinski definition) is 0. The van der Waals surface area contributed by atoms with Crippen molar-refractivity contribution in [3.8, 4) is 16.9 Å². The first-order chi connectivity index (χ1) is 17.7. The first-order valence-corrected chi connectivity index (χ1v) is 15.2. The van der Waals surface area contributed by atoms with E-state index in [2.05, 4.69) is 74.5 Å². The van der Waals surface area contributed by atoms with E-state index in [0.717, 1.165) is 29.4 Å². The number of benzene rings is 2. The maximum absolute atomic E-state index is 6.01. The molecule has 2 aliphatic rings. The molecule has 2 aliphatic carbocycles. The van der Waals surface area contributed by atoms with Crippen LogP contribution in [0.4, 0.5) is 0 Å². The van der Waals surface area contributed by atoms with Gasteiger partial charge in [0, 0.05) is 0 Å². The third-order valence-corrected chi connectivity index (χ3v) is 8.98. The van der Waals surface area contributed by atoms with Crippen LogP contribution in [0.15, 0.2) is 60.7 Å². The molecule has 0 amide bonds. The van der Waals surface area contributed by atoms with Crippen LogP contribution in [0.25, 0.3) is 11.1 Å². The summed E-state index contributed by atoms with van der Waals surface area (Å²) in [6.07, 6.45) is 24.2. The normalized spacial score (nSPS) is 24.7. The average Bonchev–Trinajstić information content (AvgIpc) is 2.93. The summed E-state index contributed by atoms with van der Waals surface area (Å²) in [6.45, 7) is 5.29. The minimum atomic E-state index is 0.672. The molecule has 0 saturated heterocycles. The van der Waals surface area contributed by atoms with Crippen molar-refractivity contribution in [2.45, 2.75) is 110 Å². The molecule has 1 nitrogen and oxygen atoms in total. The zero-order valence-electron chi connectivity index (χ0n) is 23.1. The minimum absolute atomic E-state index is 0.672. The highest BCUT2D eigenvalue weighted by atomic mass is 16.5. The van der Waals surface area contributed by atoms with Crippen molar-refractivity contribution < 1.29 is 4.74 Å². The highest BCUT2D eigenvalue weighted by Crippen LogP contribution is 2.38. The van der Waals surface area contributed by atoms with Gasteiger partial charge in [0.25, 0.3) is 0 Å². The Hall–Kier alpha value is -2.02. The van der Waals surface area contributed by atoms with E-state index in [4.69, 9.17) is 4.74 Å². The topological polar surface area (TPSA) is 9.23 Å². The number of rotatable bonds is 12. The number of ether oxygens (including phenoxy) is 1. The van der Waals surface area contributed by atoms with Crippen LogP contribution in [-0.4, -0.2) is 6.61 Å². The molecule has 0 N–H and O–H groups in total. The van der Waals surface area contributed by atoms with Crippen LogP contribution in [0, 0.1) is 17.8 Å². The Morgan fingerprint density at radius 3 is 1.92 bits per heavy atom. The SMILES string of the molecule is CCCCCC1CCC(/C=C/COc2ccc(-c3ccc(C4CCC(CCC)CC4)cc3)cc2)CC1. The molecular formula is C35H50O. The standard InChI is InChI=1S/C35H50O/c1-3-5-6-9-29-11-13-30(14-12-29)10-7-27-36-35-25-23-34(24-26-35)33-21-19-32(20-22-33)31-17-15-28(8-4-2)16-18-31/h7,10,19-26,28-31H,3-6,8-9,11-18,27H2,1-2H3/b10-7+. The van der Waals surface area contributed by atoms with Gasteiger partial charge in [-0.2, -0.15) is 0 Å². The maximum Gasteiger partial charge on any atom is 0.119 e. The molecule has 0 aliphatic heterocycles. The Balaban J connectivity index is 1.18. The van der Waals surface area contributed by atoms with Crippen molar-refractivity contribution in [1.82, 2.24) is 0 Å². The van der Waals surface area contributed by atoms with E-state index in [1.54, 1.807) is 0 Å². The van der Waals surface area contributed by atoms with E-state index in [-0.39, 0.29) is 0 Å². The molecule has 1 heteroatoms. The fourth-order valence-corrected chi connectivity index (χ4v) is 6.63. The predicted molar refractivity (Wildman–Crippen MR) is 156 cm³/mol. The quantitative estimate of drug-likeness (QED) is 0.214. The smallest absolute Gasteiger partial charge is 0.119 e. The van der Waals surface area contributed by atoms with Gasteiger partial charge in [0.05, 0.1) is 0 Å². The van der Waals surface area contributed by atoms with E-state index in [0.29, 0.717) is 6.61 Å². The van der Waals surface area contributed by atoms with Gasteiger partial charge in [-0.05, 0) is 104 Å². The third kappa shape index (κ3) is 8.25. The number of allylic oxidation sites excluding steroid dienone is 1. The Bertz CT molecular complexity index is 877. The molecule has 0 bridgehead atoms. The van der Waals surface area contributed by atoms with Crippen LogP contribution in [0.5, 0.6) is 5.75 Å². The van der Waals surface area contributed by atoms with Crippen molar-refractivity contribution in [3.63, 3.8) is 0 Å². The van der Waals surface area contributed by atoms with E-state index < -0.39 is 0 Å². The highest BCUT2D eigenvalue weighted by molar-refractivity contribution is 5.64. The summed E-state index contributed by atoms with van der Waals surface area (Å²) in [4.78, 5) is 0. The third-order valence-electron chi connectivity index (χ3n) is 8.98. The monoisotopic (exact) mass is 486 g/mol. The minimum Gasteiger partial charge on any atom is -0.490 e. The Morgan fingerprint density at radius 1 is 0.667 bits per heavy atom. The summed E-state index contributed by atoms with van der Waals surface area (Å²) >= 11 is 0. The van der Waals surface area contributed by atoms with E-state index >= 15 is 0 Å². The van der Waals surface area contributed by atoms with Crippen molar-refractivity contribution in [3.05, 3.63) is 66.2 Å². The van der Waals surface area contributed by atoms with Crippen molar-refractivity contribution >= 4 is 0 Å². The highest BCUT2D eigenvalue weighted by Gasteiger charge is 2.22. The molecule has 2 fully saturated rings. The molecule has 0 radical (unpaired) electrons. The fourth-order valence-electron chi connectivity index (χ4n) is 6.63. The first kappa shape index (κ1) is 27.0. The molecule has 0 atom stereocenters. The van der Waals surface area contributed by atoms with Gasteiger partial charge in [0.15, 0.2) is 0 Å². The van der Waals surface area contributed by atoms with Gasteiger partial charge in [-0.1, -0.05) is 101 Å². The summed E-state index contributed by atoms with van der Waals surface area (Å²) < 4.78 is 6.01. The molecule has 0 heterocycles. The average molecular weight is 487 g/mol. The van der Waals surface area contributed by atoms with Crippen LogP contribution >= 0.6 is 0 Å². The molecule has 2 aromatic rings. The van der Waals surface area contributed by atoms with E-state index in [9.17, 15) is 0 Å². The van der Waals surface area contributed by atoms with Crippen molar-refractivity contribution in [1.29, 1.82) is 0 Å². The van der Waals surface area contributed by atoms with Gasteiger partial charge in [-0.15, -0.1) is 0 Å². The van der Waals surface area contributed by atoms with Crippen LogP contribution in [-0.2, 0) is 0 Å². The summed E-state index contributed by atoms with van der Waals surface area (Å²) in [6, 6.07) is 18.0. The Labute approximate surface area is 221 Å². The summed E-state index contributed by atoms with van der Waals surface area (Å²) in [5, 5.41) is 0. The van der Waals surface area contributed by atoms with Crippen LogP contribution in [0.2, 0.25) is 0 Å². The van der Waals surface area contributed by atoms with Gasteiger partial charge < -0.3 is 4.74 Å². The molecule has 0 aromatic heterocycles. The zero-order chi connectivity index (χ0) is 25.0. The number of hydrogen-bond acceptors (Lipinski definition) is 1. The second-order valence-corrected chi connectivity index (χ2v) is 11.7. The molecular weight excluding hydrogens is 436 g/mol. The molecule has 0 spiro atoms. The molecule has 196 valence electrons. The van der Waals surface area contributed by atoms with Gasteiger partial charge in [0.2, 0.25) is 0 Å². The zero-order valence-corrected chi connectivity index (χ0v) is 23.1.